The second-order valence-corrected chi connectivity index (χ2v) is 4.09. The maximum atomic E-state index is 9.93. The molecule has 1 atom stereocenters. The van der Waals surface area contributed by atoms with Gasteiger partial charge in [-0.25, -0.2) is 0 Å². The number of aliphatic hydroxyl groups is 1. The van der Waals surface area contributed by atoms with Gasteiger partial charge in [-0.3, -0.25) is 4.98 Å². The van der Waals surface area contributed by atoms with Crippen LogP contribution in [0.25, 0.3) is 0 Å². The normalized spacial score (nSPS) is 15.1. The highest BCUT2D eigenvalue weighted by Gasteiger charge is 2.20. The van der Waals surface area contributed by atoms with E-state index in [1.807, 2.05) is 6.07 Å². The third kappa shape index (κ3) is 3.25. The standard InChI is InChI=1S/C10H15ClN2O/c1-10(14,3-4-12)6-8-2-5-13-7-9(8)11/h2,5,7,14H,3-4,6,12H2,1H3. The fourth-order valence-electron chi connectivity index (χ4n) is 1.36. The number of aromatic nitrogens is 1. The molecule has 0 bridgehead atoms. The first-order valence-corrected chi connectivity index (χ1v) is 4.94. The lowest BCUT2D eigenvalue weighted by atomic mass is 9.94. The van der Waals surface area contributed by atoms with Crippen LogP contribution in [0.15, 0.2) is 18.5 Å². The quantitative estimate of drug-likeness (QED) is 0.796. The van der Waals surface area contributed by atoms with Gasteiger partial charge in [-0.1, -0.05) is 11.6 Å². The molecular weight excluding hydrogens is 200 g/mol. The van der Waals surface area contributed by atoms with Crippen molar-refractivity contribution >= 4 is 11.6 Å². The zero-order valence-corrected chi connectivity index (χ0v) is 8.96. The van der Waals surface area contributed by atoms with E-state index in [0.29, 0.717) is 24.4 Å². The van der Waals surface area contributed by atoms with Crippen molar-refractivity contribution in [3.8, 4) is 0 Å². The van der Waals surface area contributed by atoms with Crippen LogP contribution in [0, 0.1) is 0 Å². The minimum atomic E-state index is -0.792. The highest BCUT2D eigenvalue weighted by atomic mass is 35.5. The average molecular weight is 215 g/mol. The van der Waals surface area contributed by atoms with Gasteiger partial charge in [0, 0.05) is 18.8 Å². The maximum Gasteiger partial charge on any atom is 0.0672 e. The predicted octanol–water partition coefficient (Wildman–Crippen LogP) is 1.38. The summed E-state index contributed by atoms with van der Waals surface area (Å²) in [7, 11) is 0. The summed E-state index contributed by atoms with van der Waals surface area (Å²) in [5.74, 6) is 0. The fourth-order valence-corrected chi connectivity index (χ4v) is 1.54. The van der Waals surface area contributed by atoms with E-state index in [9.17, 15) is 5.11 Å². The van der Waals surface area contributed by atoms with E-state index in [4.69, 9.17) is 17.3 Å². The minimum Gasteiger partial charge on any atom is -0.390 e. The second-order valence-electron chi connectivity index (χ2n) is 3.68. The van der Waals surface area contributed by atoms with E-state index in [0.717, 1.165) is 5.56 Å². The van der Waals surface area contributed by atoms with Gasteiger partial charge >= 0.3 is 0 Å². The lowest BCUT2D eigenvalue weighted by Gasteiger charge is -2.22. The molecule has 1 rings (SSSR count). The van der Waals surface area contributed by atoms with Crippen LogP contribution in [0.3, 0.4) is 0 Å². The van der Waals surface area contributed by atoms with Crippen LogP contribution < -0.4 is 5.73 Å². The second kappa shape index (κ2) is 4.73. The fraction of sp³-hybridized carbons (Fsp3) is 0.500. The SMILES string of the molecule is CC(O)(CCN)Cc1ccncc1Cl. The Labute approximate surface area is 88.9 Å². The topological polar surface area (TPSA) is 59.1 Å². The number of halogens is 1. The maximum absolute atomic E-state index is 9.93. The zero-order valence-electron chi connectivity index (χ0n) is 8.20. The van der Waals surface area contributed by atoms with Gasteiger partial charge in [-0.2, -0.15) is 0 Å². The van der Waals surface area contributed by atoms with E-state index in [1.54, 1.807) is 19.3 Å². The Balaban J connectivity index is 2.73. The van der Waals surface area contributed by atoms with Crippen molar-refractivity contribution in [3.05, 3.63) is 29.0 Å². The third-order valence-corrected chi connectivity index (χ3v) is 2.45. The minimum absolute atomic E-state index is 0.468. The van der Waals surface area contributed by atoms with Gasteiger partial charge in [-0.15, -0.1) is 0 Å². The average Bonchev–Trinajstić information content (AvgIpc) is 2.08. The smallest absolute Gasteiger partial charge is 0.0672 e. The molecule has 0 aromatic carbocycles. The predicted molar refractivity (Wildman–Crippen MR) is 57.2 cm³/mol. The summed E-state index contributed by atoms with van der Waals surface area (Å²) in [5.41, 5.74) is 5.51. The number of nitrogens with two attached hydrogens (primary N) is 1. The van der Waals surface area contributed by atoms with Crippen molar-refractivity contribution in [1.29, 1.82) is 0 Å². The van der Waals surface area contributed by atoms with E-state index in [2.05, 4.69) is 4.98 Å². The molecule has 1 unspecified atom stereocenters. The summed E-state index contributed by atoms with van der Waals surface area (Å²) in [6.07, 6.45) is 4.31. The van der Waals surface area contributed by atoms with E-state index < -0.39 is 5.60 Å². The van der Waals surface area contributed by atoms with Crippen molar-refractivity contribution in [2.75, 3.05) is 6.54 Å². The Bertz CT molecular complexity index is 302. The summed E-state index contributed by atoms with van der Waals surface area (Å²) in [6, 6.07) is 1.81. The monoisotopic (exact) mass is 214 g/mol. The zero-order chi connectivity index (χ0) is 10.6. The lowest BCUT2D eigenvalue weighted by Crippen LogP contribution is -2.30. The van der Waals surface area contributed by atoms with Crippen LogP contribution >= 0.6 is 11.6 Å². The van der Waals surface area contributed by atoms with Crippen LogP contribution in [-0.2, 0) is 6.42 Å². The number of pyridine rings is 1. The number of nitrogens with zero attached hydrogens (tertiary/aromatic N) is 1. The Morgan fingerprint density at radius 3 is 2.93 bits per heavy atom. The molecule has 78 valence electrons. The molecule has 3 N–H and O–H groups in total. The summed E-state index contributed by atoms with van der Waals surface area (Å²) in [6.45, 7) is 2.23. The van der Waals surface area contributed by atoms with Crippen LogP contribution in [0.5, 0.6) is 0 Å². The first kappa shape index (κ1) is 11.4. The molecule has 1 aromatic heterocycles. The van der Waals surface area contributed by atoms with Crippen molar-refractivity contribution in [1.82, 2.24) is 4.98 Å². The van der Waals surface area contributed by atoms with Crippen LogP contribution in [0.1, 0.15) is 18.9 Å². The van der Waals surface area contributed by atoms with Gasteiger partial charge in [0.2, 0.25) is 0 Å². The van der Waals surface area contributed by atoms with E-state index >= 15 is 0 Å². The van der Waals surface area contributed by atoms with Gasteiger partial charge in [0.05, 0.1) is 10.6 Å². The molecule has 0 spiro atoms. The van der Waals surface area contributed by atoms with Crippen molar-refractivity contribution in [2.24, 2.45) is 5.73 Å². The summed E-state index contributed by atoms with van der Waals surface area (Å²) in [4.78, 5) is 3.88. The van der Waals surface area contributed by atoms with Gasteiger partial charge < -0.3 is 10.8 Å². The molecule has 0 radical (unpaired) electrons. The first-order chi connectivity index (χ1) is 6.55. The molecule has 0 aliphatic carbocycles. The Morgan fingerprint density at radius 2 is 2.36 bits per heavy atom. The van der Waals surface area contributed by atoms with Crippen molar-refractivity contribution in [2.45, 2.75) is 25.4 Å². The molecule has 0 amide bonds. The largest absolute Gasteiger partial charge is 0.390 e. The molecule has 1 aromatic rings. The molecule has 0 aliphatic rings. The molecule has 0 saturated carbocycles. The lowest BCUT2D eigenvalue weighted by molar-refractivity contribution is 0.0539. The Kier molecular flexibility index (Phi) is 3.86. The summed E-state index contributed by atoms with van der Waals surface area (Å²) >= 11 is 5.93. The molecule has 1 heterocycles. The van der Waals surface area contributed by atoms with Crippen LogP contribution in [0.2, 0.25) is 5.02 Å². The third-order valence-electron chi connectivity index (χ3n) is 2.11. The van der Waals surface area contributed by atoms with Gasteiger partial charge in [0.25, 0.3) is 0 Å². The number of hydrogen-bond donors (Lipinski definition) is 2. The summed E-state index contributed by atoms with van der Waals surface area (Å²) < 4.78 is 0. The van der Waals surface area contributed by atoms with Crippen LogP contribution in [-0.4, -0.2) is 22.2 Å². The highest BCUT2D eigenvalue weighted by Crippen LogP contribution is 2.21. The van der Waals surface area contributed by atoms with Gasteiger partial charge in [-0.05, 0) is 31.5 Å². The van der Waals surface area contributed by atoms with Crippen LogP contribution in [0.4, 0.5) is 0 Å². The molecule has 14 heavy (non-hydrogen) atoms. The van der Waals surface area contributed by atoms with E-state index in [1.165, 1.54) is 0 Å². The van der Waals surface area contributed by atoms with Crippen molar-refractivity contribution < 1.29 is 5.11 Å². The number of rotatable bonds is 4. The molecule has 4 heteroatoms. The molecule has 0 saturated heterocycles. The van der Waals surface area contributed by atoms with Crippen molar-refractivity contribution in [3.63, 3.8) is 0 Å². The Morgan fingerprint density at radius 1 is 1.64 bits per heavy atom. The molecule has 0 fully saturated rings. The summed E-state index contributed by atoms with van der Waals surface area (Å²) in [5, 5.41) is 10.5. The molecule has 3 nitrogen and oxygen atoms in total. The molecule has 0 aliphatic heterocycles. The Hall–Kier alpha value is -0.640. The van der Waals surface area contributed by atoms with Gasteiger partial charge in [0.15, 0.2) is 0 Å². The highest BCUT2D eigenvalue weighted by molar-refractivity contribution is 6.31. The number of hydrogen-bond acceptors (Lipinski definition) is 3. The molecular formula is C10H15ClN2O. The van der Waals surface area contributed by atoms with E-state index in [-0.39, 0.29) is 0 Å². The van der Waals surface area contributed by atoms with Gasteiger partial charge in [0.1, 0.15) is 0 Å². The first-order valence-electron chi connectivity index (χ1n) is 4.56.